The Morgan fingerprint density at radius 3 is 2.76 bits per heavy atom. The van der Waals surface area contributed by atoms with Crippen molar-refractivity contribution in [3.05, 3.63) is 47.1 Å². The Kier molecular flexibility index (Phi) is 3.46. The highest BCUT2D eigenvalue weighted by molar-refractivity contribution is 6.32. The van der Waals surface area contributed by atoms with Crippen LogP contribution >= 0.6 is 11.6 Å². The van der Waals surface area contributed by atoms with E-state index in [1.54, 1.807) is 24.4 Å². The van der Waals surface area contributed by atoms with Crippen molar-refractivity contribution in [3.63, 3.8) is 0 Å². The molecule has 2 rings (SSSR count). The topological polar surface area (TPSA) is 60.2 Å². The van der Waals surface area contributed by atoms with Crippen molar-refractivity contribution in [2.24, 2.45) is 5.84 Å². The average Bonchev–Trinajstić information content (AvgIpc) is 2.32. The minimum absolute atomic E-state index is 0.481. The molecule has 4 nitrogen and oxygen atoms in total. The molecule has 0 amide bonds. The van der Waals surface area contributed by atoms with Crippen LogP contribution in [0.1, 0.15) is 5.56 Å². The summed E-state index contributed by atoms with van der Waals surface area (Å²) >= 11 is 5.99. The summed E-state index contributed by atoms with van der Waals surface area (Å²) in [6.07, 6.45) is 1.61. The van der Waals surface area contributed by atoms with Crippen molar-refractivity contribution in [3.8, 4) is 11.6 Å². The molecule has 0 radical (unpaired) electrons. The number of nitrogens with zero attached hydrogens (tertiary/aromatic N) is 1. The van der Waals surface area contributed by atoms with Crippen molar-refractivity contribution >= 4 is 17.3 Å². The highest BCUT2D eigenvalue weighted by atomic mass is 35.5. The molecule has 0 aliphatic carbocycles. The first-order valence-corrected chi connectivity index (χ1v) is 5.44. The van der Waals surface area contributed by atoms with E-state index in [9.17, 15) is 0 Å². The molecule has 1 heterocycles. The summed E-state index contributed by atoms with van der Waals surface area (Å²) in [5.41, 5.74) is 4.26. The summed E-state index contributed by atoms with van der Waals surface area (Å²) in [5, 5.41) is 0.549. The summed E-state index contributed by atoms with van der Waals surface area (Å²) in [6, 6.07) is 9.03. The molecule has 88 valence electrons. The lowest BCUT2D eigenvalue weighted by atomic mass is 10.2. The van der Waals surface area contributed by atoms with Gasteiger partial charge in [0.15, 0.2) is 0 Å². The van der Waals surface area contributed by atoms with Crippen molar-refractivity contribution in [2.75, 3.05) is 5.43 Å². The minimum Gasteiger partial charge on any atom is -0.437 e. The highest BCUT2D eigenvalue weighted by Crippen LogP contribution is 2.28. The molecule has 0 bridgehead atoms. The van der Waals surface area contributed by atoms with Crippen LogP contribution in [0.5, 0.6) is 11.6 Å². The predicted octanol–water partition coefficient (Wildman–Crippen LogP) is 3.12. The zero-order valence-electron chi connectivity index (χ0n) is 9.27. The van der Waals surface area contributed by atoms with Gasteiger partial charge in [0.2, 0.25) is 5.88 Å². The molecule has 0 unspecified atom stereocenters. The van der Waals surface area contributed by atoms with Crippen LogP contribution in [0.15, 0.2) is 36.5 Å². The number of benzene rings is 1. The number of hydrogen-bond acceptors (Lipinski definition) is 4. The normalized spacial score (nSPS) is 10.1. The van der Waals surface area contributed by atoms with E-state index in [0.29, 0.717) is 16.7 Å². The average molecular weight is 250 g/mol. The minimum atomic E-state index is 0.481. The smallest absolute Gasteiger partial charge is 0.219 e. The zero-order chi connectivity index (χ0) is 12.3. The van der Waals surface area contributed by atoms with Crippen LogP contribution in [0, 0.1) is 6.92 Å². The number of para-hydroxylation sites is 1. The van der Waals surface area contributed by atoms with Gasteiger partial charge in [-0.2, -0.15) is 0 Å². The van der Waals surface area contributed by atoms with E-state index in [1.807, 2.05) is 19.1 Å². The summed E-state index contributed by atoms with van der Waals surface area (Å²) in [4.78, 5) is 4.12. The molecule has 0 saturated carbocycles. The van der Waals surface area contributed by atoms with Crippen molar-refractivity contribution in [2.45, 2.75) is 6.92 Å². The maximum atomic E-state index is 5.99. The number of nitrogen functional groups attached to an aromatic ring is 1. The van der Waals surface area contributed by atoms with Crippen LogP contribution in [0.4, 0.5) is 5.69 Å². The lowest BCUT2D eigenvalue weighted by Gasteiger charge is -2.09. The van der Waals surface area contributed by atoms with Crippen molar-refractivity contribution < 1.29 is 4.74 Å². The van der Waals surface area contributed by atoms with Gasteiger partial charge in [0.05, 0.1) is 16.9 Å². The maximum absolute atomic E-state index is 5.99. The van der Waals surface area contributed by atoms with E-state index in [1.165, 1.54) is 0 Å². The number of halogens is 1. The monoisotopic (exact) mass is 249 g/mol. The van der Waals surface area contributed by atoms with Gasteiger partial charge in [-0.25, -0.2) is 4.98 Å². The van der Waals surface area contributed by atoms with E-state index < -0.39 is 0 Å². The van der Waals surface area contributed by atoms with E-state index in [4.69, 9.17) is 22.2 Å². The quantitative estimate of drug-likeness (QED) is 0.648. The summed E-state index contributed by atoms with van der Waals surface area (Å²) < 4.78 is 5.58. The number of hydrogen-bond donors (Lipinski definition) is 2. The Balaban J connectivity index is 2.25. The largest absolute Gasteiger partial charge is 0.437 e. The van der Waals surface area contributed by atoms with E-state index in [0.717, 1.165) is 11.3 Å². The standard InChI is InChI=1S/C12H12ClN3O/c1-8-6-12(15-7-10(8)16-14)17-11-5-3-2-4-9(11)13/h2-7,16H,14H2,1H3. The lowest BCUT2D eigenvalue weighted by molar-refractivity contribution is 0.463. The Morgan fingerprint density at radius 2 is 2.12 bits per heavy atom. The van der Waals surface area contributed by atoms with Gasteiger partial charge >= 0.3 is 0 Å². The van der Waals surface area contributed by atoms with Crippen LogP contribution in [0.3, 0.4) is 0 Å². The second kappa shape index (κ2) is 5.03. The van der Waals surface area contributed by atoms with Gasteiger partial charge in [0.1, 0.15) is 5.75 Å². The number of anilines is 1. The first-order valence-electron chi connectivity index (χ1n) is 5.06. The Hall–Kier alpha value is -1.78. The number of hydrazine groups is 1. The van der Waals surface area contributed by atoms with Crippen molar-refractivity contribution in [1.82, 2.24) is 4.98 Å². The summed E-state index contributed by atoms with van der Waals surface area (Å²) in [6.45, 7) is 1.91. The van der Waals surface area contributed by atoms with Gasteiger partial charge in [-0.3, -0.25) is 5.84 Å². The number of rotatable bonds is 3. The predicted molar refractivity (Wildman–Crippen MR) is 68.3 cm³/mol. The molecule has 1 aromatic carbocycles. The SMILES string of the molecule is Cc1cc(Oc2ccccc2Cl)ncc1NN. The number of nitrogens with two attached hydrogens (primary N) is 1. The van der Waals surface area contributed by atoms with Gasteiger partial charge in [0.25, 0.3) is 0 Å². The molecule has 0 spiro atoms. The van der Waals surface area contributed by atoms with E-state index in [2.05, 4.69) is 10.4 Å². The van der Waals surface area contributed by atoms with E-state index in [-0.39, 0.29) is 0 Å². The molecule has 3 N–H and O–H groups in total. The van der Waals surface area contributed by atoms with Gasteiger partial charge in [-0.15, -0.1) is 0 Å². The second-order valence-corrected chi connectivity index (χ2v) is 3.92. The number of nitrogens with one attached hydrogen (secondary N) is 1. The molecule has 0 atom stereocenters. The van der Waals surface area contributed by atoms with Crippen molar-refractivity contribution in [1.29, 1.82) is 0 Å². The fourth-order valence-corrected chi connectivity index (χ4v) is 1.55. The maximum Gasteiger partial charge on any atom is 0.219 e. The fourth-order valence-electron chi connectivity index (χ4n) is 1.38. The number of ether oxygens (including phenoxy) is 1. The molecular formula is C12H12ClN3O. The molecule has 0 aliphatic heterocycles. The van der Waals surface area contributed by atoms with Crippen LogP contribution in [-0.4, -0.2) is 4.98 Å². The van der Waals surface area contributed by atoms with E-state index >= 15 is 0 Å². The molecule has 1 aromatic heterocycles. The van der Waals surface area contributed by atoms with Gasteiger partial charge in [-0.1, -0.05) is 23.7 Å². The molecule has 2 aromatic rings. The van der Waals surface area contributed by atoms with Crippen LogP contribution in [0.25, 0.3) is 0 Å². The molecular weight excluding hydrogens is 238 g/mol. The zero-order valence-corrected chi connectivity index (χ0v) is 10.0. The van der Waals surface area contributed by atoms with Crippen LogP contribution in [0.2, 0.25) is 5.02 Å². The second-order valence-electron chi connectivity index (χ2n) is 3.51. The third-order valence-corrected chi connectivity index (χ3v) is 2.60. The summed E-state index contributed by atoms with van der Waals surface area (Å²) in [5.74, 6) is 6.38. The molecule has 0 saturated heterocycles. The Labute approximate surface area is 104 Å². The third kappa shape index (κ3) is 2.67. The Bertz CT molecular complexity index is 531. The molecule has 0 aliphatic rings. The first-order chi connectivity index (χ1) is 8.20. The van der Waals surface area contributed by atoms with Gasteiger partial charge in [-0.05, 0) is 24.6 Å². The van der Waals surface area contributed by atoms with Gasteiger partial charge < -0.3 is 10.2 Å². The lowest BCUT2D eigenvalue weighted by Crippen LogP contribution is -2.08. The first kappa shape index (κ1) is 11.7. The number of aromatic nitrogens is 1. The third-order valence-electron chi connectivity index (χ3n) is 2.29. The van der Waals surface area contributed by atoms with Crippen LogP contribution < -0.4 is 16.0 Å². The molecule has 0 fully saturated rings. The van der Waals surface area contributed by atoms with Gasteiger partial charge in [0, 0.05) is 6.07 Å². The summed E-state index contributed by atoms with van der Waals surface area (Å²) in [7, 11) is 0. The number of pyridine rings is 1. The molecule has 5 heteroatoms. The Morgan fingerprint density at radius 1 is 1.35 bits per heavy atom. The fraction of sp³-hybridized carbons (Fsp3) is 0.0833. The number of aryl methyl sites for hydroxylation is 1. The highest BCUT2D eigenvalue weighted by Gasteiger charge is 2.05. The molecule has 17 heavy (non-hydrogen) atoms. The van der Waals surface area contributed by atoms with Crippen LogP contribution in [-0.2, 0) is 0 Å².